The van der Waals surface area contributed by atoms with E-state index >= 15 is 0 Å². The van der Waals surface area contributed by atoms with Crippen LogP contribution in [0.15, 0.2) is 0 Å². The highest BCUT2D eigenvalue weighted by atomic mass is 32.1. The lowest BCUT2D eigenvalue weighted by molar-refractivity contribution is 0.101. The molecule has 0 fully saturated rings. The fourth-order valence-electron chi connectivity index (χ4n) is 1.38. The Balaban J connectivity index is 2.84. The Bertz CT molecular complexity index is 320. The maximum Gasteiger partial charge on any atom is 0.115 e. The number of hydrogen-bond donors (Lipinski definition) is 1. The minimum atomic E-state index is -0.459. The Morgan fingerprint density at radius 1 is 1.47 bits per heavy atom. The molecule has 1 heterocycles. The molecule has 0 spiro atoms. The highest BCUT2D eigenvalue weighted by Crippen LogP contribution is 2.26. The molecule has 1 unspecified atom stereocenters. The summed E-state index contributed by atoms with van der Waals surface area (Å²) in [6, 6.07) is 0. The lowest BCUT2D eigenvalue weighted by Gasteiger charge is -2.21. The van der Waals surface area contributed by atoms with Crippen LogP contribution in [-0.4, -0.2) is 18.2 Å². The predicted octanol–water partition coefficient (Wildman–Crippen LogP) is 2.22. The third kappa shape index (κ3) is 3.00. The molecule has 0 bridgehead atoms. The van der Waals surface area contributed by atoms with Crippen LogP contribution in [0.4, 0.5) is 0 Å². The first-order valence-corrected chi connectivity index (χ1v) is 6.16. The van der Waals surface area contributed by atoms with Gasteiger partial charge in [0.25, 0.3) is 0 Å². The monoisotopic (exact) mass is 228 g/mol. The Labute approximate surface area is 95.7 Å². The van der Waals surface area contributed by atoms with Crippen molar-refractivity contribution in [3.8, 4) is 0 Å². The van der Waals surface area contributed by atoms with Crippen molar-refractivity contribution in [1.29, 1.82) is 0 Å². The van der Waals surface area contributed by atoms with E-state index in [4.69, 9.17) is 10.5 Å². The van der Waals surface area contributed by atoms with Crippen LogP contribution < -0.4 is 5.73 Å². The van der Waals surface area contributed by atoms with Crippen molar-refractivity contribution in [2.75, 3.05) is 13.2 Å². The predicted molar refractivity (Wildman–Crippen MR) is 64.3 cm³/mol. The first-order valence-electron chi connectivity index (χ1n) is 5.34. The number of nitrogens with zero attached hydrogens (tertiary/aromatic N) is 1. The number of aryl methyl sites for hydroxylation is 2. The summed E-state index contributed by atoms with van der Waals surface area (Å²) < 4.78 is 5.38. The SMILES string of the molecule is CCOCC(C)(N)c1nc(CC)c(C)s1. The van der Waals surface area contributed by atoms with Gasteiger partial charge in [0.2, 0.25) is 0 Å². The largest absolute Gasteiger partial charge is 0.379 e. The second-order valence-electron chi connectivity index (χ2n) is 3.93. The number of rotatable bonds is 5. The van der Waals surface area contributed by atoms with Gasteiger partial charge in [0.15, 0.2) is 0 Å². The van der Waals surface area contributed by atoms with Crippen molar-refractivity contribution in [1.82, 2.24) is 4.98 Å². The van der Waals surface area contributed by atoms with Crippen molar-refractivity contribution in [2.45, 2.75) is 39.7 Å². The van der Waals surface area contributed by atoms with Crippen LogP contribution in [0.25, 0.3) is 0 Å². The van der Waals surface area contributed by atoms with Crippen LogP contribution in [0.3, 0.4) is 0 Å². The molecule has 0 aliphatic heterocycles. The molecule has 2 N–H and O–H groups in total. The minimum Gasteiger partial charge on any atom is -0.379 e. The molecule has 0 aliphatic carbocycles. The Hall–Kier alpha value is -0.450. The first kappa shape index (κ1) is 12.6. The van der Waals surface area contributed by atoms with Crippen molar-refractivity contribution >= 4 is 11.3 Å². The molecule has 4 heteroatoms. The average molecular weight is 228 g/mol. The van der Waals surface area contributed by atoms with Crippen LogP contribution in [0.5, 0.6) is 0 Å². The zero-order chi connectivity index (χ0) is 11.5. The Morgan fingerprint density at radius 3 is 2.60 bits per heavy atom. The normalized spacial score (nSPS) is 15.3. The molecule has 0 saturated heterocycles. The van der Waals surface area contributed by atoms with Gasteiger partial charge in [-0.1, -0.05) is 6.92 Å². The lowest BCUT2D eigenvalue weighted by Crippen LogP contribution is -2.38. The summed E-state index contributed by atoms with van der Waals surface area (Å²) in [5.74, 6) is 0. The van der Waals surface area contributed by atoms with Crippen molar-refractivity contribution in [3.05, 3.63) is 15.6 Å². The summed E-state index contributed by atoms with van der Waals surface area (Å²) in [7, 11) is 0. The van der Waals surface area contributed by atoms with E-state index < -0.39 is 5.54 Å². The number of nitrogens with two attached hydrogens (primary N) is 1. The molecule has 3 nitrogen and oxygen atoms in total. The third-order valence-electron chi connectivity index (χ3n) is 2.32. The van der Waals surface area contributed by atoms with Gasteiger partial charge in [0.05, 0.1) is 17.8 Å². The van der Waals surface area contributed by atoms with Crippen LogP contribution in [0, 0.1) is 6.92 Å². The second kappa shape index (κ2) is 5.05. The molecular formula is C11H20N2OS. The van der Waals surface area contributed by atoms with E-state index in [0.29, 0.717) is 13.2 Å². The van der Waals surface area contributed by atoms with Crippen molar-refractivity contribution < 1.29 is 4.74 Å². The number of thiazole rings is 1. The van der Waals surface area contributed by atoms with E-state index in [1.54, 1.807) is 11.3 Å². The summed E-state index contributed by atoms with van der Waals surface area (Å²) in [5, 5.41) is 0.977. The second-order valence-corrected chi connectivity index (χ2v) is 5.13. The Morgan fingerprint density at radius 2 is 2.13 bits per heavy atom. The lowest BCUT2D eigenvalue weighted by atomic mass is 10.1. The van der Waals surface area contributed by atoms with E-state index in [1.807, 2.05) is 13.8 Å². The van der Waals surface area contributed by atoms with Crippen LogP contribution in [0.2, 0.25) is 0 Å². The van der Waals surface area contributed by atoms with Crippen LogP contribution in [0.1, 0.15) is 36.3 Å². The van der Waals surface area contributed by atoms with Gasteiger partial charge in [-0.05, 0) is 27.2 Å². The Kier molecular flexibility index (Phi) is 4.25. The number of hydrogen-bond acceptors (Lipinski definition) is 4. The molecule has 0 radical (unpaired) electrons. The number of ether oxygens (including phenoxy) is 1. The summed E-state index contributed by atoms with van der Waals surface area (Å²) in [4.78, 5) is 5.83. The van der Waals surface area contributed by atoms with Gasteiger partial charge in [-0.15, -0.1) is 11.3 Å². The topological polar surface area (TPSA) is 48.1 Å². The fraction of sp³-hybridized carbons (Fsp3) is 0.727. The van der Waals surface area contributed by atoms with Gasteiger partial charge in [-0.3, -0.25) is 0 Å². The van der Waals surface area contributed by atoms with Crippen molar-refractivity contribution in [3.63, 3.8) is 0 Å². The molecule has 0 aromatic carbocycles. The zero-order valence-electron chi connectivity index (χ0n) is 9.96. The maximum atomic E-state index is 6.18. The first-order chi connectivity index (χ1) is 7.01. The zero-order valence-corrected chi connectivity index (χ0v) is 10.8. The van der Waals surface area contributed by atoms with Crippen LogP contribution in [-0.2, 0) is 16.7 Å². The minimum absolute atomic E-state index is 0.459. The summed E-state index contributed by atoms with van der Waals surface area (Å²) in [6.45, 7) is 9.37. The smallest absolute Gasteiger partial charge is 0.115 e. The third-order valence-corrected chi connectivity index (χ3v) is 3.61. The molecule has 0 amide bonds. The molecule has 1 aromatic rings. The average Bonchev–Trinajstić information content (AvgIpc) is 2.57. The molecule has 1 aromatic heterocycles. The van der Waals surface area contributed by atoms with E-state index in [2.05, 4.69) is 18.8 Å². The molecule has 86 valence electrons. The maximum absolute atomic E-state index is 6.18. The van der Waals surface area contributed by atoms with Gasteiger partial charge < -0.3 is 10.5 Å². The number of aromatic nitrogens is 1. The van der Waals surface area contributed by atoms with Gasteiger partial charge in [-0.2, -0.15) is 0 Å². The summed E-state index contributed by atoms with van der Waals surface area (Å²) in [6.07, 6.45) is 0.965. The molecule has 0 saturated carbocycles. The van der Waals surface area contributed by atoms with E-state index in [9.17, 15) is 0 Å². The van der Waals surface area contributed by atoms with Gasteiger partial charge in [0, 0.05) is 11.5 Å². The highest BCUT2D eigenvalue weighted by Gasteiger charge is 2.26. The summed E-state index contributed by atoms with van der Waals surface area (Å²) in [5.41, 5.74) is 6.88. The quantitative estimate of drug-likeness (QED) is 0.840. The molecular weight excluding hydrogens is 208 g/mol. The van der Waals surface area contributed by atoms with Crippen LogP contribution >= 0.6 is 11.3 Å². The fourth-order valence-corrected chi connectivity index (χ4v) is 2.42. The van der Waals surface area contributed by atoms with E-state index in [1.165, 1.54) is 4.88 Å². The molecule has 0 aliphatic rings. The van der Waals surface area contributed by atoms with E-state index in [0.717, 1.165) is 17.1 Å². The molecule has 1 atom stereocenters. The standard InChI is InChI=1S/C11H20N2OS/c1-5-9-8(3)15-10(13-9)11(4,12)7-14-6-2/h5-7,12H2,1-4H3. The van der Waals surface area contributed by atoms with E-state index in [-0.39, 0.29) is 0 Å². The van der Waals surface area contributed by atoms with Gasteiger partial charge in [-0.25, -0.2) is 4.98 Å². The van der Waals surface area contributed by atoms with Gasteiger partial charge in [0.1, 0.15) is 5.01 Å². The molecule has 15 heavy (non-hydrogen) atoms. The van der Waals surface area contributed by atoms with Gasteiger partial charge >= 0.3 is 0 Å². The molecule has 1 rings (SSSR count). The van der Waals surface area contributed by atoms with Crippen molar-refractivity contribution in [2.24, 2.45) is 5.73 Å². The highest BCUT2D eigenvalue weighted by molar-refractivity contribution is 7.11. The summed E-state index contributed by atoms with van der Waals surface area (Å²) >= 11 is 1.68.